The van der Waals surface area contributed by atoms with E-state index in [-0.39, 0.29) is 19.0 Å². The van der Waals surface area contributed by atoms with E-state index in [1.54, 1.807) is 32.4 Å². The summed E-state index contributed by atoms with van der Waals surface area (Å²) in [5, 5.41) is 0. The highest BCUT2D eigenvalue weighted by atomic mass is 16.5. The Morgan fingerprint density at radius 2 is 2.12 bits per heavy atom. The number of rotatable bonds is 6. The van der Waals surface area contributed by atoms with Gasteiger partial charge in [-0.1, -0.05) is 18.7 Å². The van der Waals surface area contributed by atoms with E-state index < -0.39 is 0 Å². The van der Waals surface area contributed by atoms with Crippen LogP contribution in [0.4, 0.5) is 0 Å². The number of methoxy groups -OCH3 is 2. The minimum Gasteiger partial charge on any atom is -0.497 e. The van der Waals surface area contributed by atoms with Gasteiger partial charge in [0.1, 0.15) is 18.1 Å². The number of benzene rings is 1. The molecule has 4 heteroatoms. The smallest absolute Gasteiger partial charge is 0.310 e. The molecule has 1 aromatic carbocycles. The van der Waals surface area contributed by atoms with Gasteiger partial charge in [-0.3, -0.25) is 4.79 Å². The molecule has 92 valence electrons. The van der Waals surface area contributed by atoms with Gasteiger partial charge in [0.2, 0.25) is 0 Å². The van der Waals surface area contributed by atoms with Crippen LogP contribution in [0.2, 0.25) is 0 Å². The normalized spacial score (nSPS) is 9.53. The molecule has 0 saturated carbocycles. The number of carbonyl (C=O) groups excluding carboxylic acids is 1. The largest absolute Gasteiger partial charge is 0.497 e. The second kappa shape index (κ2) is 6.58. The standard InChI is InChI=1S/C13H16O4/c1-4-7-17-13(14)8-10-5-6-11(15-2)9-12(10)16-3/h4-6,9H,1,7-8H2,2-3H3. The van der Waals surface area contributed by atoms with Gasteiger partial charge in [0, 0.05) is 11.6 Å². The van der Waals surface area contributed by atoms with Gasteiger partial charge >= 0.3 is 5.97 Å². The first-order valence-corrected chi connectivity index (χ1v) is 5.18. The maximum atomic E-state index is 11.4. The lowest BCUT2D eigenvalue weighted by atomic mass is 10.1. The first-order valence-electron chi connectivity index (χ1n) is 5.18. The zero-order valence-corrected chi connectivity index (χ0v) is 10.1. The van der Waals surface area contributed by atoms with Crippen molar-refractivity contribution in [1.29, 1.82) is 0 Å². The van der Waals surface area contributed by atoms with E-state index in [4.69, 9.17) is 14.2 Å². The summed E-state index contributed by atoms with van der Waals surface area (Å²) in [5.74, 6) is 0.985. The van der Waals surface area contributed by atoms with E-state index in [9.17, 15) is 4.79 Å². The quantitative estimate of drug-likeness (QED) is 0.559. The Bertz CT molecular complexity index is 398. The molecule has 4 nitrogen and oxygen atoms in total. The zero-order chi connectivity index (χ0) is 12.7. The highest BCUT2D eigenvalue weighted by Crippen LogP contribution is 2.25. The minimum atomic E-state index is -0.312. The van der Waals surface area contributed by atoms with Crippen molar-refractivity contribution in [1.82, 2.24) is 0 Å². The van der Waals surface area contributed by atoms with Crippen molar-refractivity contribution in [2.45, 2.75) is 6.42 Å². The molecule has 0 aliphatic heterocycles. The summed E-state index contributed by atoms with van der Waals surface area (Å²) in [4.78, 5) is 11.4. The van der Waals surface area contributed by atoms with Crippen LogP contribution < -0.4 is 9.47 Å². The Balaban J connectivity index is 2.76. The predicted octanol–water partition coefficient (Wildman–Crippen LogP) is 1.98. The Kier molecular flexibility index (Phi) is 5.07. The molecule has 0 saturated heterocycles. The van der Waals surface area contributed by atoms with Crippen LogP contribution in [0.1, 0.15) is 5.56 Å². The molecule has 0 radical (unpaired) electrons. The molecule has 0 fully saturated rings. The lowest BCUT2D eigenvalue weighted by Crippen LogP contribution is -2.08. The molecule has 0 unspecified atom stereocenters. The second-order valence-corrected chi connectivity index (χ2v) is 3.33. The van der Waals surface area contributed by atoms with Crippen LogP contribution in [0.15, 0.2) is 30.9 Å². The van der Waals surface area contributed by atoms with E-state index >= 15 is 0 Å². The summed E-state index contributed by atoms with van der Waals surface area (Å²) < 4.78 is 15.2. The Morgan fingerprint density at radius 3 is 2.71 bits per heavy atom. The SMILES string of the molecule is C=CCOC(=O)Cc1ccc(OC)cc1OC. The maximum absolute atomic E-state index is 11.4. The predicted molar refractivity (Wildman–Crippen MR) is 64.4 cm³/mol. The number of carbonyl (C=O) groups is 1. The molecule has 0 heterocycles. The second-order valence-electron chi connectivity index (χ2n) is 3.33. The fraction of sp³-hybridized carbons (Fsp3) is 0.308. The van der Waals surface area contributed by atoms with Crippen molar-refractivity contribution in [2.24, 2.45) is 0 Å². The Hall–Kier alpha value is -1.97. The van der Waals surface area contributed by atoms with Crippen LogP contribution in [-0.4, -0.2) is 26.8 Å². The van der Waals surface area contributed by atoms with Crippen LogP contribution in [0.3, 0.4) is 0 Å². The number of ether oxygens (including phenoxy) is 3. The summed E-state index contributed by atoms with van der Waals surface area (Å²) in [6.45, 7) is 3.70. The fourth-order valence-corrected chi connectivity index (χ4v) is 1.36. The van der Waals surface area contributed by atoms with Crippen LogP contribution in [0.25, 0.3) is 0 Å². The third-order valence-electron chi connectivity index (χ3n) is 2.19. The Labute approximate surface area is 101 Å². The minimum absolute atomic E-state index is 0.168. The van der Waals surface area contributed by atoms with Gasteiger partial charge in [0.15, 0.2) is 0 Å². The van der Waals surface area contributed by atoms with Crippen molar-refractivity contribution in [3.63, 3.8) is 0 Å². The molecule has 0 aromatic heterocycles. The molecular weight excluding hydrogens is 220 g/mol. The zero-order valence-electron chi connectivity index (χ0n) is 10.1. The van der Waals surface area contributed by atoms with E-state index in [1.807, 2.05) is 0 Å². The van der Waals surface area contributed by atoms with Crippen molar-refractivity contribution in [3.05, 3.63) is 36.4 Å². The third kappa shape index (κ3) is 3.83. The fourth-order valence-electron chi connectivity index (χ4n) is 1.36. The van der Waals surface area contributed by atoms with Gasteiger partial charge in [0.05, 0.1) is 20.6 Å². The third-order valence-corrected chi connectivity index (χ3v) is 2.19. The summed E-state index contributed by atoms with van der Waals surface area (Å²) in [7, 11) is 3.13. The molecule has 0 amide bonds. The highest BCUT2D eigenvalue weighted by molar-refractivity contribution is 5.73. The first-order chi connectivity index (χ1) is 8.21. The molecule has 0 atom stereocenters. The van der Waals surface area contributed by atoms with Gasteiger partial charge in [-0.2, -0.15) is 0 Å². The molecule has 1 aromatic rings. The summed E-state index contributed by atoms with van der Waals surface area (Å²) in [6.07, 6.45) is 1.70. The topological polar surface area (TPSA) is 44.8 Å². The van der Waals surface area contributed by atoms with Crippen molar-refractivity contribution < 1.29 is 19.0 Å². The van der Waals surface area contributed by atoms with Crippen molar-refractivity contribution >= 4 is 5.97 Å². The molecule has 0 spiro atoms. The molecule has 0 N–H and O–H groups in total. The van der Waals surface area contributed by atoms with Crippen LogP contribution in [-0.2, 0) is 16.0 Å². The number of esters is 1. The lowest BCUT2D eigenvalue weighted by molar-refractivity contribution is -0.141. The molecule has 0 aliphatic rings. The van der Waals surface area contributed by atoms with Gasteiger partial charge in [0.25, 0.3) is 0 Å². The first kappa shape index (κ1) is 13.1. The van der Waals surface area contributed by atoms with E-state index in [0.29, 0.717) is 11.5 Å². The molecule has 0 bridgehead atoms. The van der Waals surface area contributed by atoms with Crippen LogP contribution in [0, 0.1) is 0 Å². The highest BCUT2D eigenvalue weighted by Gasteiger charge is 2.10. The van der Waals surface area contributed by atoms with E-state index in [2.05, 4.69) is 6.58 Å². The lowest BCUT2D eigenvalue weighted by Gasteiger charge is -2.09. The van der Waals surface area contributed by atoms with Gasteiger partial charge in [-0.05, 0) is 6.07 Å². The maximum Gasteiger partial charge on any atom is 0.310 e. The number of hydrogen-bond acceptors (Lipinski definition) is 4. The van der Waals surface area contributed by atoms with E-state index in [0.717, 1.165) is 5.56 Å². The van der Waals surface area contributed by atoms with E-state index in [1.165, 1.54) is 6.08 Å². The molecule has 17 heavy (non-hydrogen) atoms. The van der Waals surface area contributed by atoms with Crippen LogP contribution >= 0.6 is 0 Å². The average Bonchev–Trinajstić information content (AvgIpc) is 2.36. The monoisotopic (exact) mass is 236 g/mol. The summed E-state index contributed by atoms with van der Waals surface area (Å²) >= 11 is 0. The van der Waals surface area contributed by atoms with Gasteiger partial charge < -0.3 is 14.2 Å². The van der Waals surface area contributed by atoms with Gasteiger partial charge in [-0.25, -0.2) is 0 Å². The Morgan fingerprint density at radius 1 is 1.35 bits per heavy atom. The molecular formula is C13H16O4. The summed E-state index contributed by atoms with van der Waals surface area (Å²) in [6, 6.07) is 5.29. The molecule has 0 aliphatic carbocycles. The van der Waals surface area contributed by atoms with Crippen molar-refractivity contribution in [3.8, 4) is 11.5 Å². The van der Waals surface area contributed by atoms with Gasteiger partial charge in [-0.15, -0.1) is 0 Å². The average molecular weight is 236 g/mol. The molecule has 1 rings (SSSR count). The van der Waals surface area contributed by atoms with Crippen LogP contribution in [0.5, 0.6) is 11.5 Å². The number of hydrogen-bond donors (Lipinski definition) is 0. The van der Waals surface area contributed by atoms with Crippen molar-refractivity contribution in [2.75, 3.05) is 20.8 Å². The summed E-state index contributed by atoms with van der Waals surface area (Å²) in [5.41, 5.74) is 0.766.